The van der Waals surface area contributed by atoms with Crippen LogP contribution in [0.15, 0.2) is 60.7 Å². The van der Waals surface area contributed by atoms with E-state index in [4.69, 9.17) is 0 Å². The van der Waals surface area contributed by atoms with Crippen LogP contribution in [0.1, 0.15) is 61.0 Å². The molecule has 1 aromatic heterocycles. The van der Waals surface area contributed by atoms with Gasteiger partial charge in [-0.2, -0.15) is 0 Å². The number of amides is 3. The second kappa shape index (κ2) is 12.3. The SMILES string of the molecule is O=C(NCc1ccccc1)C(=O)C(CC1CCCC1=O)NC(=O)C1CCCCN1C(=O)c1cc2ccccc2[nH]1. The number of carbonyl (C=O) groups excluding carboxylic acids is 5. The van der Waals surface area contributed by atoms with E-state index in [0.717, 1.165) is 35.7 Å². The minimum Gasteiger partial charge on any atom is -0.351 e. The number of hydrogen-bond acceptors (Lipinski definition) is 5. The summed E-state index contributed by atoms with van der Waals surface area (Å²) in [5.41, 5.74) is 2.06. The van der Waals surface area contributed by atoms with E-state index < -0.39 is 29.7 Å². The molecule has 1 aliphatic heterocycles. The Hall–Kier alpha value is -4.27. The summed E-state index contributed by atoms with van der Waals surface area (Å²) in [6.45, 7) is 0.577. The molecule has 2 fully saturated rings. The molecule has 2 aliphatic rings. The molecule has 0 spiro atoms. The van der Waals surface area contributed by atoms with Crippen molar-refractivity contribution in [2.45, 2.75) is 63.6 Å². The number of nitrogens with one attached hydrogen (secondary N) is 3. The van der Waals surface area contributed by atoms with Crippen molar-refractivity contribution < 1.29 is 24.0 Å². The lowest BCUT2D eigenvalue weighted by molar-refractivity contribution is -0.141. The molecule has 3 aromatic rings. The quantitative estimate of drug-likeness (QED) is 0.358. The van der Waals surface area contributed by atoms with Gasteiger partial charge in [0.2, 0.25) is 11.7 Å². The molecule has 3 atom stereocenters. The molecule has 0 radical (unpaired) electrons. The normalized spacial score (nSPS) is 19.8. The number of fused-ring (bicyclic) bond motifs is 1. The Bertz CT molecular complexity index is 1380. The van der Waals surface area contributed by atoms with Gasteiger partial charge < -0.3 is 20.5 Å². The van der Waals surface area contributed by atoms with Crippen molar-refractivity contribution in [3.63, 3.8) is 0 Å². The maximum Gasteiger partial charge on any atom is 0.289 e. The molecule has 5 rings (SSSR count). The van der Waals surface area contributed by atoms with Crippen LogP contribution < -0.4 is 10.6 Å². The molecule has 1 aliphatic carbocycles. The number of para-hydroxylation sites is 1. The van der Waals surface area contributed by atoms with Gasteiger partial charge in [0.1, 0.15) is 17.5 Å². The third-order valence-corrected chi connectivity index (χ3v) is 7.93. The van der Waals surface area contributed by atoms with Crippen molar-refractivity contribution in [1.82, 2.24) is 20.5 Å². The van der Waals surface area contributed by atoms with Crippen LogP contribution in [0, 0.1) is 5.92 Å². The zero-order chi connectivity index (χ0) is 28.1. The summed E-state index contributed by atoms with van der Waals surface area (Å²) < 4.78 is 0. The molecular formula is C31H34N4O5. The van der Waals surface area contributed by atoms with Gasteiger partial charge in [-0.1, -0.05) is 48.5 Å². The average Bonchev–Trinajstić information content (AvgIpc) is 3.61. The molecule has 3 unspecified atom stereocenters. The highest BCUT2D eigenvalue weighted by Gasteiger charge is 2.38. The summed E-state index contributed by atoms with van der Waals surface area (Å²) in [4.78, 5) is 70.3. The largest absolute Gasteiger partial charge is 0.351 e. The molecule has 40 heavy (non-hydrogen) atoms. The van der Waals surface area contributed by atoms with Gasteiger partial charge in [-0.15, -0.1) is 0 Å². The van der Waals surface area contributed by atoms with Gasteiger partial charge in [0.05, 0.1) is 6.04 Å². The summed E-state index contributed by atoms with van der Waals surface area (Å²) in [5.74, 6) is -2.70. The highest BCUT2D eigenvalue weighted by atomic mass is 16.2. The first kappa shape index (κ1) is 27.3. The number of likely N-dealkylation sites (tertiary alicyclic amines) is 1. The molecule has 3 N–H and O–H groups in total. The van der Waals surface area contributed by atoms with E-state index in [-0.39, 0.29) is 30.6 Å². The van der Waals surface area contributed by atoms with Crippen LogP contribution in [-0.2, 0) is 25.7 Å². The Kier molecular flexibility index (Phi) is 8.38. The smallest absolute Gasteiger partial charge is 0.289 e. The van der Waals surface area contributed by atoms with Crippen molar-refractivity contribution in [2.24, 2.45) is 5.92 Å². The van der Waals surface area contributed by atoms with Crippen LogP contribution in [0.2, 0.25) is 0 Å². The molecule has 2 aromatic carbocycles. The number of Topliss-reactive ketones (excluding diaryl/α,β-unsaturated/α-hetero) is 2. The zero-order valence-electron chi connectivity index (χ0n) is 22.4. The van der Waals surface area contributed by atoms with Crippen molar-refractivity contribution in [3.8, 4) is 0 Å². The van der Waals surface area contributed by atoms with Crippen LogP contribution in [0.25, 0.3) is 10.9 Å². The fourth-order valence-electron chi connectivity index (χ4n) is 5.74. The average molecular weight is 543 g/mol. The molecule has 3 amide bonds. The number of rotatable bonds is 9. The maximum absolute atomic E-state index is 13.6. The van der Waals surface area contributed by atoms with Gasteiger partial charge in [0.25, 0.3) is 11.8 Å². The van der Waals surface area contributed by atoms with Crippen LogP contribution in [0.3, 0.4) is 0 Å². The second-order valence-electron chi connectivity index (χ2n) is 10.7. The number of nitrogens with zero attached hydrogens (tertiary/aromatic N) is 1. The Morgan fingerprint density at radius 2 is 1.73 bits per heavy atom. The number of aromatic amines is 1. The van der Waals surface area contributed by atoms with Crippen molar-refractivity contribution in [2.75, 3.05) is 6.54 Å². The molecule has 1 saturated heterocycles. The van der Waals surface area contributed by atoms with Gasteiger partial charge in [-0.3, -0.25) is 24.0 Å². The number of H-pyrrole nitrogens is 1. The standard InChI is InChI=1S/C31H34N4O5/c36-27-15-8-12-22(27)18-24(28(37)30(39)32-19-20-9-2-1-3-10-20)34-29(38)26-14-6-7-16-35(26)31(40)25-17-21-11-4-5-13-23(21)33-25/h1-5,9-11,13,17,22,24,26,33H,6-8,12,14-16,18-19H2,(H,32,39)(H,34,38). The molecule has 208 valence electrons. The monoisotopic (exact) mass is 542 g/mol. The van der Waals surface area contributed by atoms with E-state index in [1.165, 1.54) is 0 Å². The number of carbonyl (C=O) groups is 5. The lowest BCUT2D eigenvalue weighted by Crippen LogP contribution is -2.56. The van der Waals surface area contributed by atoms with Crippen LogP contribution >= 0.6 is 0 Å². The Labute approximate surface area is 232 Å². The third kappa shape index (κ3) is 6.14. The van der Waals surface area contributed by atoms with E-state index in [0.29, 0.717) is 31.5 Å². The lowest BCUT2D eigenvalue weighted by atomic mass is 9.93. The summed E-state index contributed by atoms with van der Waals surface area (Å²) in [7, 11) is 0. The van der Waals surface area contributed by atoms with Crippen LogP contribution in [0.4, 0.5) is 0 Å². The van der Waals surface area contributed by atoms with E-state index in [1.807, 2.05) is 54.6 Å². The van der Waals surface area contributed by atoms with E-state index >= 15 is 0 Å². The van der Waals surface area contributed by atoms with Gasteiger partial charge in [-0.25, -0.2) is 0 Å². The Morgan fingerprint density at radius 3 is 2.48 bits per heavy atom. The molecule has 9 heteroatoms. The fraction of sp³-hybridized carbons (Fsp3) is 0.387. The topological polar surface area (TPSA) is 128 Å². The summed E-state index contributed by atoms with van der Waals surface area (Å²) in [6.07, 6.45) is 3.83. The highest BCUT2D eigenvalue weighted by Crippen LogP contribution is 2.27. The van der Waals surface area contributed by atoms with Crippen molar-refractivity contribution in [1.29, 1.82) is 0 Å². The van der Waals surface area contributed by atoms with Gasteiger partial charge in [-0.05, 0) is 56.2 Å². The maximum atomic E-state index is 13.6. The lowest BCUT2D eigenvalue weighted by Gasteiger charge is -2.35. The van der Waals surface area contributed by atoms with Crippen molar-refractivity contribution in [3.05, 3.63) is 71.9 Å². The fourth-order valence-corrected chi connectivity index (χ4v) is 5.74. The first-order valence-electron chi connectivity index (χ1n) is 14.0. The van der Waals surface area contributed by atoms with Gasteiger partial charge >= 0.3 is 0 Å². The predicted molar refractivity (Wildman–Crippen MR) is 149 cm³/mol. The number of aromatic nitrogens is 1. The minimum absolute atomic E-state index is 0.0463. The summed E-state index contributed by atoms with van der Waals surface area (Å²) in [5, 5.41) is 6.31. The van der Waals surface area contributed by atoms with Crippen molar-refractivity contribution >= 4 is 40.2 Å². The number of hydrogen-bond donors (Lipinski definition) is 3. The van der Waals surface area contributed by atoms with Crippen LogP contribution in [0.5, 0.6) is 0 Å². The molecule has 9 nitrogen and oxygen atoms in total. The third-order valence-electron chi connectivity index (χ3n) is 7.93. The zero-order valence-corrected chi connectivity index (χ0v) is 22.4. The first-order chi connectivity index (χ1) is 19.4. The second-order valence-corrected chi connectivity index (χ2v) is 10.7. The minimum atomic E-state index is -1.15. The Morgan fingerprint density at radius 1 is 0.950 bits per heavy atom. The predicted octanol–water partition coefficient (Wildman–Crippen LogP) is 3.29. The first-order valence-corrected chi connectivity index (χ1v) is 14.0. The van der Waals surface area contributed by atoms with E-state index in [1.54, 1.807) is 11.0 Å². The molecule has 2 heterocycles. The molecule has 0 bridgehead atoms. The van der Waals surface area contributed by atoms with Crippen LogP contribution in [-0.4, -0.2) is 57.8 Å². The Balaban J connectivity index is 1.31. The van der Waals surface area contributed by atoms with E-state index in [2.05, 4.69) is 15.6 Å². The van der Waals surface area contributed by atoms with Gasteiger partial charge in [0, 0.05) is 36.3 Å². The molecular weight excluding hydrogens is 508 g/mol. The van der Waals surface area contributed by atoms with E-state index in [9.17, 15) is 24.0 Å². The summed E-state index contributed by atoms with van der Waals surface area (Å²) in [6, 6.07) is 16.6. The number of benzene rings is 2. The highest BCUT2D eigenvalue weighted by molar-refractivity contribution is 6.38. The number of ketones is 2. The number of piperidine rings is 1. The summed E-state index contributed by atoms with van der Waals surface area (Å²) >= 11 is 0. The van der Waals surface area contributed by atoms with Gasteiger partial charge in [0.15, 0.2) is 0 Å². The molecule has 1 saturated carbocycles.